The van der Waals surface area contributed by atoms with Crippen molar-refractivity contribution >= 4 is 39.5 Å². The number of phosphoric ester groups is 2. The molecule has 0 aromatic rings. The molecule has 0 saturated heterocycles. The predicted molar refractivity (Wildman–Crippen MR) is 405 cm³/mol. The maximum absolute atomic E-state index is 13.1. The number of hydrogen-bond acceptors (Lipinski definition) is 15. The molecule has 7 atom stereocenters. The highest BCUT2D eigenvalue weighted by atomic mass is 31.2. The van der Waals surface area contributed by atoms with E-state index in [2.05, 4.69) is 41.5 Å². The molecular formula is C80H156O17P2. The van der Waals surface area contributed by atoms with Crippen LogP contribution in [0.5, 0.6) is 0 Å². The van der Waals surface area contributed by atoms with E-state index < -0.39 is 97.5 Å². The van der Waals surface area contributed by atoms with E-state index in [4.69, 9.17) is 37.0 Å². The zero-order chi connectivity index (χ0) is 72.8. The summed E-state index contributed by atoms with van der Waals surface area (Å²) in [6, 6.07) is 0. The van der Waals surface area contributed by atoms with Crippen molar-refractivity contribution in [2.24, 2.45) is 11.8 Å². The fourth-order valence-corrected chi connectivity index (χ4v) is 13.9. The first-order chi connectivity index (χ1) is 47.9. The number of carbonyl (C=O) groups is 4. The molecule has 0 fully saturated rings. The van der Waals surface area contributed by atoms with Crippen LogP contribution in [0.25, 0.3) is 0 Å². The van der Waals surface area contributed by atoms with Crippen LogP contribution in [0, 0.1) is 11.8 Å². The molecule has 588 valence electrons. The Hall–Kier alpha value is -1.94. The van der Waals surface area contributed by atoms with Crippen molar-refractivity contribution in [2.45, 2.75) is 439 Å². The first kappa shape index (κ1) is 97.1. The summed E-state index contributed by atoms with van der Waals surface area (Å²) in [7, 11) is -9.92. The SMILES string of the molecule is CCCCCCCCCCCCCCCCCCCCC(=O)OC[C@H](COP(=O)(O)OC[C@@H](O)COP(=O)(O)OC[C@@H](COC(=O)CCCCCCCCCCCCC)OC(=O)CCCCCCCCCCC(C)CC)OC(=O)CCCCCCCCCCCCCCCCC(C)CC. The van der Waals surface area contributed by atoms with Crippen molar-refractivity contribution in [3.8, 4) is 0 Å². The Labute approximate surface area is 607 Å². The second-order valence-electron chi connectivity index (χ2n) is 29.3. The van der Waals surface area contributed by atoms with Crippen molar-refractivity contribution in [1.29, 1.82) is 0 Å². The van der Waals surface area contributed by atoms with E-state index >= 15 is 0 Å². The second-order valence-corrected chi connectivity index (χ2v) is 32.2. The van der Waals surface area contributed by atoms with E-state index in [1.54, 1.807) is 0 Å². The van der Waals surface area contributed by atoms with Crippen molar-refractivity contribution in [3.05, 3.63) is 0 Å². The first-order valence-corrected chi connectivity index (χ1v) is 44.6. The van der Waals surface area contributed by atoms with Crippen molar-refractivity contribution in [1.82, 2.24) is 0 Å². The van der Waals surface area contributed by atoms with Gasteiger partial charge in [-0.1, -0.05) is 369 Å². The normalized spacial score (nSPS) is 14.5. The smallest absolute Gasteiger partial charge is 0.462 e. The summed E-state index contributed by atoms with van der Waals surface area (Å²) >= 11 is 0. The van der Waals surface area contributed by atoms with Gasteiger partial charge in [-0.25, -0.2) is 9.13 Å². The number of phosphoric acid groups is 2. The van der Waals surface area contributed by atoms with Crippen LogP contribution < -0.4 is 0 Å². The summed E-state index contributed by atoms with van der Waals surface area (Å²) in [4.78, 5) is 73.0. The number of rotatable bonds is 79. The number of carbonyl (C=O) groups excluding carboxylic acids is 4. The van der Waals surface area contributed by atoms with Gasteiger partial charge in [0.1, 0.15) is 19.3 Å². The molecule has 0 bridgehead atoms. The fourth-order valence-electron chi connectivity index (χ4n) is 12.3. The largest absolute Gasteiger partial charge is 0.472 e. The fraction of sp³-hybridized carbons (Fsp3) is 0.950. The van der Waals surface area contributed by atoms with Gasteiger partial charge in [-0.3, -0.25) is 37.3 Å². The Bertz CT molecular complexity index is 1910. The molecule has 0 saturated carbocycles. The van der Waals surface area contributed by atoms with Crippen molar-refractivity contribution in [3.63, 3.8) is 0 Å². The number of aliphatic hydroxyl groups excluding tert-OH is 1. The number of aliphatic hydroxyl groups is 1. The Kier molecular flexibility index (Phi) is 70.3. The van der Waals surface area contributed by atoms with Gasteiger partial charge in [0.05, 0.1) is 26.4 Å². The van der Waals surface area contributed by atoms with Gasteiger partial charge in [0, 0.05) is 25.7 Å². The predicted octanol–water partition coefficient (Wildman–Crippen LogP) is 23.9. The number of hydrogen-bond donors (Lipinski definition) is 3. The molecule has 0 aliphatic rings. The molecule has 19 heteroatoms. The van der Waals surface area contributed by atoms with Crippen LogP contribution in [-0.4, -0.2) is 96.7 Å². The molecule has 3 N–H and O–H groups in total. The second kappa shape index (κ2) is 71.7. The third-order valence-electron chi connectivity index (χ3n) is 19.4. The number of esters is 4. The van der Waals surface area contributed by atoms with E-state index in [0.29, 0.717) is 25.7 Å². The Morgan fingerprint density at radius 2 is 0.485 bits per heavy atom. The number of unbranched alkanes of at least 4 members (excludes halogenated alkanes) is 47. The lowest BCUT2D eigenvalue weighted by Gasteiger charge is -2.21. The monoisotopic (exact) mass is 1450 g/mol. The van der Waals surface area contributed by atoms with Crippen LogP contribution in [-0.2, 0) is 65.4 Å². The molecule has 17 nitrogen and oxygen atoms in total. The highest BCUT2D eigenvalue weighted by molar-refractivity contribution is 7.47. The van der Waals surface area contributed by atoms with Crippen LogP contribution >= 0.6 is 15.6 Å². The summed E-state index contributed by atoms with van der Waals surface area (Å²) < 4.78 is 68.7. The van der Waals surface area contributed by atoms with Gasteiger partial charge in [-0.05, 0) is 37.5 Å². The molecule has 0 spiro atoms. The topological polar surface area (TPSA) is 237 Å². The summed E-state index contributed by atoms with van der Waals surface area (Å²) in [6.07, 6.45) is 60.9. The van der Waals surface area contributed by atoms with Gasteiger partial charge in [-0.15, -0.1) is 0 Å². The van der Waals surface area contributed by atoms with E-state index in [9.17, 15) is 43.2 Å². The van der Waals surface area contributed by atoms with Crippen LogP contribution in [0.15, 0.2) is 0 Å². The average Bonchev–Trinajstić information content (AvgIpc) is 1.04. The first-order valence-electron chi connectivity index (χ1n) is 41.6. The molecule has 0 rings (SSSR count). The quantitative estimate of drug-likeness (QED) is 0.0222. The van der Waals surface area contributed by atoms with E-state index in [0.717, 1.165) is 102 Å². The Morgan fingerprint density at radius 1 is 0.283 bits per heavy atom. The van der Waals surface area contributed by atoms with E-state index in [-0.39, 0.29) is 25.7 Å². The van der Waals surface area contributed by atoms with Gasteiger partial charge >= 0.3 is 39.5 Å². The molecule has 4 unspecified atom stereocenters. The maximum Gasteiger partial charge on any atom is 0.472 e. The van der Waals surface area contributed by atoms with E-state index in [1.807, 2.05) is 0 Å². The van der Waals surface area contributed by atoms with Gasteiger partial charge < -0.3 is 33.8 Å². The Balaban J connectivity index is 5.24. The molecule has 0 aliphatic heterocycles. The lowest BCUT2D eigenvalue weighted by atomic mass is 9.99. The zero-order valence-corrected chi connectivity index (χ0v) is 66.6. The van der Waals surface area contributed by atoms with Gasteiger partial charge in [0.2, 0.25) is 0 Å². The summed E-state index contributed by atoms with van der Waals surface area (Å²) in [5.74, 6) is -0.495. The molecule has 0 aliphatic carbocycles. The Morgan fingerprint density at radius 3 is 0.717 bits per heavy atom. The summed E-state index contributed by atoms with van der Waals surface area (Å²) in [6.45, 7) is 9.68. The highest BCUT2D eigenvalue weighted by Crippen LogP contribution is 2.45. The lowest BCUT2D eigenvalue weighted by Crippen LogP contribution is -2.30. The summed E-state index contributed by atoms with van der Waals surface area (Å²) in [5, 5.41) is 10.6. The molecule has 0 aromatic carbocycles. The molecule has 0 amide bonds. The molecular weight excluding hydrogens is 1290 g/mol. The molecule has 0 radical (unpaired) electrons. The summed E-state index contributed by atoms with van der Waals surface area (Å²) in [5.41, 5.74) is 0. The number of ether oxygens (including phenoxy) is 4. The standard InChI is InChI=1S/C80H156O17P2/c1-7-11-13-15-17-19-21-22-23-24-25-26-30-34-38-45-51-57-63-78(83)91-68-75(96-79(84)64-58-52-46-39-35-31-28-27-29-33-36-42-48-54-60-72(5)9-3)70-94-98(86,87)92-66-74(81)67-93-99(88,89)95-71-76(69-90-77(82)62-56-50-44-37-32-20-18-16-14-12-8-2)97-80(85)65-59-53-47-41-40-43-49-55-61-73(6)10-4/h72-76,81H,7-71H2,1-6H3,(H,86,87)(H,88,89)/t72?,73?,74-,75-,76-/m1/s1. The lowest BCUT2D eigenvalue weighted by molar-refractivity contribution is -0.161. The van der Waals surface area contributed by atoms with Crippen LogP contribution in [0.1, 0.15) is 420 Å². The average molecular weight is 1450 g/mol. The third-order valence-corrected chi connectivity index (χ3v) is 21.3. The third kappa shape index (κ3) is 71.5. The van der Waals surface area contributed by atoms with Gasteiger partial charge in [0.15, 0.2) is 12.2 Å². The van der Waals surface area contributed by atoms with Crippen molar-refractivity contribution < 1.29 is 80.2 Å². The molecule has 0 aromatic heterocycles. The minimum atomic E-state index is -4.96. The minimum absolute atomic E-state index is 0.105. The van der Waals surface area contributed by atoms with Crippen LogP contribution in [0.4, 0.5) is 0 Å². The van der Waals surface area contributed by atoms with Crippen LogP contribution in [0.2, 0.25) is 0 Å². The highest BCUT2D eigenvalue weighted by Gasteiger charge is 2.30. The van der Waals surface area contributed by atoms with Gasteiger partial charge in [-0.2, -0.15) is 0 Å². The molecule has 0 heterocycles. The maximum atomic E-state index is 13.1. The minimum Gasteiger partial charge on any atom is -0.462 e. The van der Waals surface area contributed by atoms with E-state index in [1.165, 1.54) is 238 Å². The molecule has 99 heavy (non-hydrogen) atoms. The van der Waals surface area contributed by atoms with Gasteiger partial charge in [0.25, 0.3) is 0 Å². The van der Waals surface area contributed by atoms with Crippen molar-refractivity contribution in [2.75, 3.05) is 39.6 Å². The zero-order valence-electron chi connectivity index (χ0n) is 64.8. The van der Waals surface area contributed by atoms with Crippen LogP contribution in [0.3, 0.4) is 0 Å².